The number of rotatable bonds is 6. The van der Waals surface area contributed by atoms with Crippen molar-refractivity contribution in [2.24, 2.45) is 0 Å². The predicted molar refractivity (Wildman–Crippen MR) is 75.5 cm³/mol. The Morgan fingerprint density at radius 1 is 1.25 bits per heavy atom. The van der Waals surface area contributed by atoms with E-state index in [0.717, 1.165) is 18.4 Å². The molecule has 0 heterocycles. The number of carbonyl (C=O) groups is 1. The molecule has 0 bridgehead atoms. The van der Waals surface area contributed by atoms with Crippen molar-refractivity contribution in [3.8, 4) is 0 Å². The molecule has 10 heteroatoms. The van der Waals surface area contributed by atoms with Crippen molar-refractivity contribution < 1.29 is 26.7 Å². The number of benzene rings is 1. The first-order chi connectivity index (χ1) is 9.00. The van der Waals surface area contributed by atoms with E-state index in [1.165, 1.54) is 6.07 Å². The Hall–Kier alpha value is -1.32. The number of sulfone groups is 1. The van der Waals surface area contributed by atoms with E-state index in [1.54, 1.807) is 0 Å². The molecular weight excluding hydrogens is 330 g/mol. The van der Waals surface area contributed by atoms with Crippen molar-refractivity contribution in [3.63, 3.8) is 0 Å². The lowest BCUT2D eigenvalue weighted by Crippen LogP contribution is -2.22. The molecule has 0 aliphatic carbocycles. The third-order valence-corrected chi connectivity index (χ3v) is 5.00. The predicted octanol–water partition coefficient (Wildman–Crippen LogP) is 0.825. The molecule has 0 radical (unpaired) electrons. The highest BCUT2D eigenvalue weighted by Gasteiger charge is 2.16. The summed E-state index contributed by atoms with van der Waals surface area (Å²) in [5.41, 5.74) is -0.0979. The van der Waals surface area contributed by atoms with Gasteiger partial charge in [-0.3, -0.25) is 4.72 Å². The van der Waals surface area contributed by atoms with Crippen molar-refractivity contribution in [2.45, 2.75) is 0 Å². The summed E-state index contributed by atoms with van der Waals surface area (Å²) in [6, 6.07) is 3.52. The molecular formula is C10H12ClNO6S2. The molecule has 0 saturated heterocycles. The molecule has 112 valence electrons. The average molecular weight is 342 g/mol. The zero-order valence-corrected chi connectivity index (χ0v) is 12.7. The molecule has 0 aliphatic heterocycles. The largest absolute Gasteiger partial charge is 0.478 e. The lowest BCUT2D eigenvalue weighted by atomic mass is 10.2. The molecule has 1 rings (SSSR count). The Morgan fingerprint density at radius 2 is 1.85 bits per heavy atom. The topological polar surface area (TPSA) is 118 Å². The minimum atomic E-state index is -3.85. The maximum atomic E-state index is 11.6. The standard InChI is InChI=1S/C10H12ClNO6S2/c1-19(15,16)4-5-20(17,18)12-7-2-3-8(10(13)14)9(11)6-7/h2-3,6,12H,4-5H2,1H3,(H,13,14). The number of nitrogens with one attached hydrogen (secondary N) is 1. The maximum Gasteiger partial charge on any atom is 0.337 e. The quantitative estimate of drug-likeness (QED) is 0.791. The summed E-state index contributed by atoms with van der Waals surface area (Å²) in [5.74, 6) is -2.34. The fourth-order valence-corrected chi connectivity index (χ4v) is 4.18. The Labute approximate surface area is 121 Å². The zero-order valence-electron chi connectivity index (χ0n) is 10.3. The summed E-state index contributed by atoms with van der Waals surface area (Å²) < 4.78 is 47.3. The molecule has 1 aromatic carbocycles. The summed E-state index contributed by atoms with van der Waals surface area (Å²) in [6.07, 6.45) is 0.932. The van der Waals surface area contributed by atoms with Crippen molar-refractivity contribution in [1.82, 2.24) is 0 Å². The first-order valence-electron chi connectivity index (χ1n) is 5.21. The van der Waals surface area contributed by atoms with Crippen LogP contribution >= 0.6 is 11.6 Å². The number of carboxylic acid groups (broad SMARTS) is 1. The summed E-state index contributed by atoms with van der Waals surface area (Å²) >= 11 is 5.69. The molecule has 0 atom stereocenters. The molecule has 0 unspecified atom stereocenters. The maximum absolute atomic E-state index is 11.6. The second kappa shape index (κ2) is 5.98. The van der Waals surface area contributed by atoms with Gasteiger partial charge in [-0.1, -0.05) is 11.6 Å². The van der Waals surface area contributed by atoms with Crippen LogP contribution in [0.3, 0.4) is 0 Å². The van der Waals surface area contributed by atoms with Crippen LogP contribution in [0, 0.1) is 0 Å². The van der Waals surface area contributed by atoms with Crippen LogP contribution in [-0.4, -0.2) is 45.7 Å². The van der Waals surface area contributed by atoms with E-state index in [4.69, 9.17) is 16.7 Å². The SMILES string of the molecule is CS(=O)(=O)CCS(=O)(=O)Nc1ccc(C(=O)O)c(Cl)c1. The van der Waals surface area contributed by atoms with Gasteiger partial charge in [-0.15, -0.1) is 0 Å². The highest BCUT2D eigenvalue weighted by Crippen LogP contribution is 2.21. The Balaban J connectivity index is 2.88. The van der Waals surface area contributed by atoms with Gasteiger partial charge >= 0.3 is 5.97 Å². The Kier molecular flexibility index (Phi) is 5.00. The molecule has 0 fully saturated rings. The van der Waals surface area contributed by atoms with Crippen LogP contribution in [0.25, 0.3) is 0 Å². The normalized spacial score (nSPS) is 12.1. The molecule has 0 aliphatic rings. The van der Waals surface area contributed by atoms with Gasteiger partial charge in [0.2, 0.25) is 10.0 Å². The van der Waals surface area contributed by atoms with Crippen molar-refractivity contribution in [3.05, 3.63) is 28.8 Å². The first-order valence-corrected chi connectivity index (χ1v) is 9.30. The van der Waals surface area contributed by atoms with E-state index < -0.39 is 37.3 Å². The minimum Gasteiger partial charge on any atom is -0.478 e. The average Bonchev–Trinajstić information content (AvgIpc) is 2.24. The van der Waals surface area contributed by atoms with Gasteiger partial charge in [0, 0.05) is 11.9 Å². The van der Waals surface area contributed by atoms with E-state index in [9.17, 15) is 21.6 Å². The molecule has 20 heavy (non-hydrogen) atoms. The highest BCUT2D eigenvalue weighted by atomic mass is 35.5. The monoisotopic (exact) mass is 341 g/mol. The lowest BCUT2D eigenvalue weighted by molar-refractivity contribution is 0.0697. The Morgan fingerprint density at radius 3 is 2.30 bits per heavy atom. The number of hydrogen-bond acceptors (Lipinski definition) is 5. The molecule has 7 nitrogen and oxygen atoms in total. The van der Waals surface area contributed by atoms with Crippen molar-refractivity contribution in [1.29, 1.82) is 0 Å². The van der Waals surface area contributed by atoms with Crippen LogP contribution < -0.4 is 4.72 Å². The molecule has 0 aromatic heterocycles. The van der Waals surface area contributed by atoms with Crippen LogP contribution in [0.15, 0.2) is 18.2 Å². The number of carboxylic acids is 1. The number of halogens is 1. The van der Waals surface area contributed by atoms with Crippen molar-refractivity contribution >= 4 is 43.1 Å². The highest BCUT2D eigenvalue weighted by molar-refractivity contribution is 7.95. The van der Waals surface area contributed by atoms with E-state index >= 15 is 0 Å². The van der Waals surface area contributed by atoms with E-state index in [0.29, 0.717) is 0 Å². The summed E-state index contributed by atoms with van der Waals surface area (Å²) in [4.78, 5) is 10.7. The van der Waals surface area contributed by atoms with Gasteiger partial charge in [-0.2, -0.15) is 0 Å². The summed E-state index contributed by atoms with van der Waals surface area (Å²) in [7, 11) is -7.25. The number of hydrogen-bond donors (Lipinski definition) is 2. The summed E-state index contributed by atoms with van der Waals surface area (Å²) in [6.45, 7) is 0. The fraction of sp³-hybridized carbons (Fsp3) is 0.300. The molecule has 1 aromatic rings. The van der Waals surface area contributed by atoms with Gasteiger partial charge in [-0.05, 0) is 18.2 Å². The van der Waals surface area contributed by atoms with E-state index in [-0.39, 0.29) is 16.3 Å². The summed E-state index contributed by atoms with van der Waals surface area (Å²) in [5, 5.41) is 8.65. The van der Waals surface area contributed by atoms with Gasteiger partial charge < -0.3 is 5.11 Å². The van der Waals surface area contributed by atoms with Crippen LogP contribution in [0.2, 0.25) is 5.02 Å². The first kappa shape index (κ1) is 16.7. The number of aromatic carboxylic acids is 1. The fourth-order valence-electron chi connectivity index (χ4n) is 1.24. The third kappa shape index (κ3) is 5.35. The molecule has 0 spiro atoms. The smallest absolute Gasteiger partial charge is 0.337 e. The second-order valence-corrected chi connectivity index (χ2v) is 8.56. The second-order valence-electron chi connectivity index (χ2n) is 4.05. The molecule has 0 saturated carbocycles. The lowest BCUT2D eigenvalue weighted by Gasteiger charge is -2.08. The van der Waals surface area contributed by atoms with Gasteiger partial charge in [0.1, 0.15) is 9.84 Å². The van der Waals surface area contributed by atoms with Crippen LogP contribution in [0.1, 0.15) is 10.4 Å². The minimum absolute atomic E-state index is 0.0634. The zero-order chi connectivity index (χ0) is 15.6. The Bertz CT molecular complexity index is 726. The number of anilines is 1. The van der Waals surface area contributed by atoms with Crippen LogP contribution in [0.5, 0.6) is 0 Å². The molecule has 2 N–H and O–H groups in total. The van der Waals surface area contributed by atoms with Gasteiger partial charge in [0.25, 0.3) is 0 Å². The molecule has 0 amide bonds. The van der Waals surface area contributed by atoms with Crippen LogP contribution in [-0.2, 0) is 19.9 Å². The van der Waals surface area contributed by atoms with Crippen LogP contribution in [0.4, 0.5) is 5.69 Å². The van der Waals surface area contributed by atoms with Gasteiger partial charge in [-0.25, -0.2) is 21.6 Å². The van der Waals surface area contributed by atoms with Gasteiger partial charge in [0.15, 0.2) is 0 Å². The van der Waals surface area contributed by atoms with Crippen molar-refractivity contribution in [2.75, 3.05) is 22.5 Å². The van der Waals surface area contributed by atoms with Gasteiger partial charge in [0.05, 0.1) is 22.1 Å². The van der Waals surface area contributed by atoms with E-state index in [1.807, 2.05) is 0 Å². The van der Waals surface area contributed by atoms with E-state index in [2.05, 4.69) is 4.72 Å². The third-order valence-electron chi connectivity index (χ3n) is 2.20. The number of sulfonamides is 1.